The van der Waals surface area contributed by atoms with Gasteiger partial charge in [0.25, 0.3) is 0 Å². The summed E-state index contributed by atoms with van der Waals surface area (Å²) in [6.45, 7) is 3.95. The number of amides is 1. The lowest BCUT2D eigenvalue weighted by Crippen LogP contribution is -2.36. The van der Waals surface area contributed by atoms with Crippen LogP contribution < -0.4 is 10.6 Å². The molecule has 128 valence electrons. The Morgan fingerprint density at radius 2 is 2.30 bits per heavy atom. The fraction of sp³-hybridized carbons (Fsp3) is 0.588. The number of hydrogen-bond donors (Lipinski definition) is 2. The molecule has 2 rings (SSSR count). The number of carbonyl (C=O) groups excluding carboxylic acids is 1. The topological polar surface area (TPSA) is 50.4 Å². The zero-order valence-electron chi connectivity index (χ0n) is 13.4. The van der Waals surface area contributed by atoms with Gasteiger partial charge in [-0.1, -0.05) is 19.1 Å². The molecule has 1 aliphatic rings. The van der Waals surface area contributed by atoms with Crippen molar-refractivity contribution in [2.75, 3.05) is 26.2 Å². The summed E-state index contributed by atoms with van der Waals surface area (Å²) >= 11 is 0. The predicted molar refractivity (Wildman–Crippen MR) is 83.9 cm³/mol. The number of carbonyl (C=O) groups is 1. The lowest BCUT2D eigenvalue weighted by molar-refractivity contribution is -0.129. The van der Waals surface area contributed by atoms with Gasteiger partial charge in [0.15, 0.2) is 11.6 Å². The Kier molecular flexibility index (Phi) is 6.92. The lowest BCUT2D eigenvalue weighted by Gasteiger charge is -2.31. The second-order valence-corrected chi connectivity index (χ2v) is 5.83. The Morgan fingerprint density at radius 3 is 3.00 bits per heavy atom. The molecule has 0 aliphatic carbocycles. The second-order valence-electron chi connectivity index (χ2n) is 5.83. The second kappa shape index (κ2) is 8.93. The molecule has 0 spiro atoms. The molecule has 0 radical (unpaired) electrons. The normalized spacial score (nSPS) is 19.3. The molecular weight excluding hydrogens is 302 g/mol. The molecule has 2 N–H and O–H groups in total. The van der Waals surface area contributed by atoms with Crippen molar-refractivity contribution in [1.82, 2.24) is 10.6 Å². The van der Waals surface area contributed by atoms with E-state index in [1.54, 1.807) is 0 Å². The van der Waals surface area contributed by atoms with Gasteiger partial charge < -0.3 is 15.4 Å². The van der Waals surface area contributed by atoms with E-state index in [-0.39, 0.29) is 24.0 Å². The van der Waals surface area contributed by atoms with E-state index in [9.17, 15) is 13.6 Å². The van der Waals surface area contributed by atoms with Crippen molar-refractivity contribution in [2.45, 2.75) is 32.3 Å². The number of piperidine rings is 1. The summed E-state index contributed by atoms with van der Waals surface area (Å²) in [6, 6.07) is 4.09. The molecule has 23 heavy (non-hydrogen) atoms. The van der Waals surface area contributed by atoms with Gasteiger partial charge in [0.05, 0.1) is 6.10 Å². The van der Waals surface area contributed by atoms with E-state index in [0.717, 1.165) is 31.9 Å². The van der Waals surface area contributed by atoms with Gasteiger partial charge in [0.2, 0.25) is 5.91 Å². The summed E-state index contributed by atoms with van der Waals surface area (Å²) in [5.41, 5.74) is 0.182. The number of ether oxygens (including phenoxy) is 1. The molecule has 0 aromatic heterocycles. The highest BCUT2D eigenvalue weighted by atomic mass is 19.2. The van der Waals surface area contributed by atoms with Crippen molar-refractivity contribution in [2.24, 2.45) is 5.92 Å². The summed E-state index contributed by atoms with van der Waals surface area (Å²) in [4.78, 5) is 11.8. The van der Waals surface area contributed by atoms with Gasteiger partial charge in [-0.2, -0.15) is 0 Å². The largest absolute Gasteiger partial charge is 0.363 e. The molecule has 0 saturated carbocycles. The number of hydrogen-bond acceptors (Lipinski definition) is 3. The summed E-state index contributed by atoms with van der Waals surface area (Å²) in [6.07, 6.45) is 2.00. The van der Waals surface area contributed by atoms with Crippen LogP contribution in [0, 0.1) is 17.6 Å². The molecule has 1 amide bonds. The summed E-state index contributed by atoms with van der Waals surface area (Å²) < 4.78 is 33.4. The van der Waals surface area contributed by atoms with Crippen LogP contribution in [0.4, 0.5) is 8.78 Å². The average Bonchev–Trinajstić information content (AvgIpc) is 2.57. The molecule has 1 heterocycles. The minimum atomic E-state index is -0.893. The zero-order valence-corrected chi connectivity index (χ0v) is 13.4. The molecule has 1 aromatic rings. The number of nitrogens with one attached hydrogen (secondary N) is 2. The monoisotopic (exact) mass is 326 g/mol. The van der Waals surface area contributed by atoms with Crippen LogP contribution in [-0.2, 0) is 9.53 Å². The zero-order chi connectivity index (χ0) is 16.7. The van der Waals surface area contributed by atoms with E-state index >= 15 is 0 Å². The quantitative estimate of drug-likeness (QED) is 0.810. The number of benzene rings is 1. The molecule has 1 saturated heterocycles. The Hall–Kier alpha value is -1.53. The maximum absolute atomic E-state index is 14.2. The highest BCUT2D eigenvalue weighted by Crippen LogP contribution is 2.32. The van der Waals surface area contributed by atoms with E-state index in [2.05, 4.69) is 10.6 Å². The highest BCUT2D eigenvalue weighted by Gasteiger charge is 2.29. The van der Waals surface area contributed by atoms with Crippen molar-refractivity contribution in [1.29, 1.82) is 0 Å². The van der Waals surface area contributed by atoms with E-state index < -0.39 is 17.7 Å². The van der Waals surface area contributed by atoms with E-state index in [1.165, 1.54) is 12.1 Å². The minimum Gasteiger partial charge on any atom is -0.363 e. The molecule has 0 unspecified atom stereocenters. The highest BCUT2D eigenvalue weighted by molar-refractivity contribution is 5.77. The maximum Gasteiger partial charge on any atom is 0.246 e. The average molecular weight is 326 g/mol. The predicted octanol–water partition coefficient (Wildman–Crippen LogP) is 2.55. The molecule has 4 nitrogen and oxygen atoms in total. The van der Waals surface area contributed by atoms with E-state index in [1.807, 2.05) is 6.92 Å². The molecule has 1 aliphatic heterocycles. The Bertz CT molecular complexity index is 519. The SMILES string of the molecule is CCCNC(=O)CO[C@@H](c1cccc(F)c1F)[C@@H]1CCCNC1. The van der Waals surface area contributed by atoms with Gasteiger partial charge in [-0.25, -0.2) is 8.78 Å². The van der Waals surface area contributed by atoms with Crippen molar-refractivity contribution >= 4 is 5.91 Å². The number of rotatable bonds is 7. The maximum atomic E-state index is 14.2. The Morgan fingerprint density at radius 1 is 1.48 bits per heavy atom. The van der Waals surface area contributed by atoms with Crippen LogP contribution in [0.1, 0.15) is 37.9 Å². The standard InChI is InChI=1S/C17H24F2N2O2/c1-2-8-21-15(22)11-23-17(12-5-4-9-20-10-12)13-6-3-7-14(18)16(13)19/h3,6-7,12,17,20H,2,4-5,8-11H2,1H3,(H,21,22)/t12-,17-/m1/s1. The first-order valence-electron chi connectivity index (χ1n) is 8.16. The molecule has 1 aromatic carbocycles. The van der Waals surface area contributed by atoms with Crippen molar-refractivity contribution in [3.63, 3.8) is 0 Å². The number of halogens is 2. The minimum absolute atomic E-state index is 0.0130. The molecule has 6 heteroatoms. The fourth-order valence-corrected chi connectivity index (χ4v) is 2.84. The third kappa shape index (κ3) is 4.97. The third-order valence-electron chi connectivity index (χ3n) is 4.02. The third-order valence-corrected chi connectivity index (χ3v) is 4.02. The van der Waals surface area contributed by atoms with Crippen LogP contribution in [0.5, 0.6) is 0 Å². The van der Waals surface area contributed by atoms with Crippen molar-refractivity contribution in [3.05, 3.63) is 35.4 Å². The van der Waals surface area contributed by atoms with Crippen LogP contribution >= 0.6 is 0 Å². The van der Waals surface area contributed by atoms with E-state index in [4.69, 9.17) is 4.74 Å². The molecular formula is C17H24F2N2O2. The smallest absolute Gasteiger partial charge is 0.246 e. The van der Waals surface area contributed by atoms with Crippen LogP contribution in [0.25, 0.3) is 0 Å². The van der Waals surface area contributed by atoms with Gasteiger partial charge in [-0.3, -0.25) is 4.79 Å². The molecule has 0 bridgehead atoms. The van der Waals surface area contributed by atoms with Gasteiger partial charge in [0, 0.05) is 24.6 Å². The Labute approximate surface area is 135 Å². The molecule has 1 fully saturated rings. The van der Waals surface area contributed by atoms with Gasteiger partial charge >= 0.3 is 0 Å². The summed E-state index contributed by atoms with van der Waals surface area (Å²) in [7, 11) is 0. The first kappa shape index (κ1) is 17.8. The fourth-order valence-electron chi connectivity index (χ4n) is 2.84. The van der Waals surface area contributed by atoms with Crippen LogP contribution in [0.3, 0.4) is 0 Å². The summed E-state index contributed by atoms with van der Waals surface area (Å²) in [5.74, 6) is -2.01. The first-order chi connectivity index (χ1) is 11.1. The Balaban J connectivity index is 2.11. The molecule has 2 atom stereocenters. The van der Waals surface area contributed by atoms with Crippen molar-refractivity contribution in [3.8, 4) is 0 Å². The van der Waals surface area contributed by atoms with Crippen molar-refractivity contribution < 1.29 is 18.3 Å². The van der Waals surface area contributed by atoms with Crippen LogP contribution in [-0.4, -0.2) is 32.1 Å². The van der Waals surface area contributed by atoms with E-state index in [0.29, 0.717) is 13.1 Å². The lowest BCUT2D eigenvalue weighted by atomic mass is 9.89. The van der Waals surface area contributed by atoms with Crippen LogP contribution in [0.2, 0.25) is 0 Å². The summed E-state index contributed by atoms with van der Waals surface area (Å²) in [5, 5.41) is 5.97. The first-order valence-corrected chi connectivity index (χ1v) is 8.16. The van der Waals surface area contributed by atoms with Gasteiger partial charge in [-0.15, -0.1) is 0 Å². The van der Waals surface area contributed by atoms with Gasteiger partial charge in [-0.05, 0) is 31.9 Å². The van der Waals surface area contributed by atoms with Gasteiger partial charge in [0.1, 0.15) is 6.61 Å². The van der Waals surface area contributed by atoms with Crippen LogP contribution in [0.15, 0.2) is 18.2 Å².